The molecule has 0 aliphatic heterocycles. The van der Waals surface area contributed by atoms with Crippen molar-refractivity contribution < 1.29 is 19.4 Å². The van der Waals surface area contributed by atoms with Crippen LogP contribution in [0.1, 0.15) is 17.2 Å². The summed E-state index contributed by atoms with van der Waals surface area (Å²) < 4.78 is 9.94. The van der Waals surface area contributed by atoms with E-state index in [2.05, 4.69) is 4.74 Å². The number of carbonyl (C=O) groups is 1. The second kappa shape index (κ2) is 4.73. The second-order valence-corrected chi connectivity index (χ2v) is 4.06. The molecule has 0 bridgehead atoms. The molecule has 0 fully saturated rings. The monoisotopic (exact) mass is 237 g/mol. The van der Waals surface area contributed by atoms with Crippen molar-refractivity contribution in [3.63, 3.8) is 0 Å². The zero-order chi connectivity index (χ0) is 12.4. The van der Waals surface area contributed by atoms with Gasteiger partial charge >= 0.3 is 5.97 Å². The molecular weight excluding hydrogens is 222 g/mol. The van der Waals surface area contributed by atoms with Gasteiger partial charge in [0.05, 0.1) is 13.2 Å². The Morgan fingerprint density at radius 3 is 3.06 bits per heavy atom. The molecule has 5 heteroatoms. The quantitative estimate of drug-likeness (QED) is 0.748. The molecule has 0 radical (unpaired) electrons. The molecule has 2 atom stereocenters. The summed E-state index contributed by atoms with van der Waals surface area (Å²) in [6, 6.07) is 4.88. The minimum Gasteiger partial charge on any atom is -0.508 e. The molecule has 0 saturated heterocycles. The summed E-state index contributed by atoms with van der Waals surface area (Å²) in [7, 11) is 1.31. The summed E-state index contributed by atoms with van der Waals surface area (Å²) in [6.45, 7) is -0.135. The lowest BCUT2D eigenvalue weighted by Gasteiger charge is -2.16. The van der Waals surface area contributed by atoms with Gasteiger partial charge in [0, 0.05) is 6.04 Å². The highest BCUT2D eigenvalue weighted by Crippen LogP contribution is 2.35. The first kappa shape index (κ1) is 11.9. The van der Waals surface area contributed by atoms with Gasteiger partial charge in [0.2, 0.25) is 0 Å². The zero-order valence-corrected chi connectivity index (χ0v) is 9.55. The van der Waals surface area contributed by atoms with Crippen molar-refractivity contribution in [1.82, 2.24) is 0 Å². The lowest BCUT2D eigenvalue weighted by Crippen LogP contribution is -2.28. The number of rotatable bonds is 3. The molecular formula is C12H15NO4. The summed E-state index contributed by atoms with van der Waals surface area (Å²) >= 11 is 0. The third-order valence-corrected chi connectivity index (χ3v) is 2.89. The normalized spacial score (nSPS) is 22.2. The molecule has 3 N–H and O–H groups in total. The van der Waals surface area contributed by atoms with Crippen LogP contribution in [0.25, 0.3) is 0 Å². The van der Waals surface area contributed by atoms with Gasteiger partial charge in [-0.05, 0) is 29.7 Å². The Morgan fingerprint density at radius 1 is 1.59 bits per heavy atom. The first-order chi connectivity index (χ1) is 8.11. The van der Waals surface area contributed by atoms with Gasteiger partial charge < -0.3 is 20.3 Å². The molecule has 0 amide bonds. The summed E-state index contributed by atoms with van der Waals surface area (Å²) in [5.41, 5.74) is 7.84. The fourth-order valence-corrected chi connectivity index (χ4v) is 2.05. The van der Waals surface area contributed by atoms with Gasteiger partial charge in [0.1, 0.15) is 12.4 Å². The lowest BCUT2D eigenvalue weighted by atomic mass is 10.1. The Bertz CT molecular complexity index is 433. The maximum absolute atomic E-state index is 11.0. The number of nitrogens with two attached hydrogens (primary N) is 1. The number of ether oxygens (including phenoxy) is 2. The first-order valence-corrected chi connectivity index (χ1v) is 5.37. The molecule has 1 aliphatic rings. The number of hydrogen-bond donors (Lipinski definition) is 2. The fourth-order valence-electron chi connectivity index (χ4n) is 2.05. The number of aromatic hydroxyl groups is 1. The van der Waals surface area contributed by atoms with Gasteiger partial charge in [-0.1, -0.05) is 6.07 Å². The number of phenolic OH excluding ortho intramolecular Hbond substituents is 1. The van der Waals surface area contributed by atoms with Crippen LogP contribution in [0.5, 0.6) is 5.75 Å². The van der Waals surface area contributed by atoms with Gasteiger partial charge in [-0.25, -0.2) is 4.79 Å². The van der Waals surface area contributed by atoms with Crippen LogP contribution >= 0.6 is 0 Å². The largest absolute Gasteiger partial charge is 0.508 e. The molecule has 0 saturated carbocycles. The second-order valence-electron chi connectivity index (χ2n) is 4.06. The topological polar surface area (TPSA) is 81.8 Å². The third-order valence-electron chi connectivity index (χ3n) is 2.89. The average molecular weight is 237 g/mol. The van der Waals surface area contributed by atoms with Gasteiger partial charge in [-0.2, -0.15) is 0 Å². The molecule has 2 unspecified atom stereocenters. The van der Waals surface area contributed by atoms with E-state index in [1.54, 1.807) is 12.1 Å². The van der Waals surface area contributed by atoms with E-state index < -0.39 is 5.97 Å². The fraction of sp³-hybridized carbons (Fsp3) is 0.417. The van der Waals surface area contributed by atoms with Crippen LogP contribution in [0.15, 0.2) is 18.2 Å². The van der Waals surface area contributed by atoms with E-state index >= 15 is 0 Å². The summed E-state index contributed by atoms with van der Waals surface area (Å²) in [6.07, 6.45) is 0.317. The maximum atomic E-state index is 11.0. The predicted molar refractivity (Wildman–Crippen MR) is 60.5 cm³/mol. The van der Waals surface area contributed by atoms with E-state index in [0.29, 0.717) is 6.42 Å². The summed E-state index contributed by atoms with van der Waals surface area (Å²) in [4.78, 5) is 11.0. The third kappa shape index (κ3) is 2.40. The average Bonchev–Trinajstić information content (AvgIpc) is 2.61. The molecule has 0 aromatic heterocycles. The van der Waals surface area contributed by atoms with E-state index in [9.17, 15) is 9.90 Å². The molecule has 5 nitrogen and oxygen atoms in total. The van der Waals surface area contributed by atoms with E-state index in [1.165, 1.54) is 7.11 Å². The van der Waals surface area contributed by atoms with E-state index in [4.69, 9.17) is 10.5 Å². The van der Waals surface area contributed by atoms with Crippen molar-refractivity contribution in [2.24, 2.45) is 5.73 Å². The van der Waals surface area contributed by atoms with Crippen LogP contribution in [0, 0.1) is 0 Å². The Labute approximate surface area is 99.1 Å². The van der Waals surface area contributed by atoms with Gasteiger partial charge in [-0.15, -0.1) is 0 Å². The number of fused-ring (bicyclic) bond motifs is 1. The van der Waals surface area contributed by atoms with Crippen molar-refractivity contribution in [2.45, 2.75) is 18.6 Å². The van der Waals surface area contributed by atoms with Crippen LogP contribution in [-0.2, 0) is 20.7 Å². The van der Waals surface area contributed by atoms with Crippen LogP contribution in [-0.4, -0.2) is 30.8 Å². The standard InChI is InChI=1S/C12H15NO4/c1-16-11(15)6-17-12-9-5-8(14)3-2-7(9)4-10(12)13/h2-3,5,10,12,14H,4,6,13H2,1H3. The Hall–Kier alpha value is -1.59. The molecule has 1 aliphatic carbocycles. The number of esters is 1. The van der Waals surface area contributed by atoms with Crippen molar-refractivity contribution in [1.29, 1.82) is 0 Å². The highest BCUT2D eigenvalue weighted by molar-refractivity contribution is 5.70. The maximum Gasteiger partial charge on any atom is 0.331 e. The van der Waals surface area contributed by atoms with Crippen LogP contribution < -0.4 is 5.73 Å². The van der Waals surface area contributed by atoms with Crippen molar-refractivity contribution >= 4 is 5.97 Å². The lowest BCUT2D eigenvalue weighted by molar-refractivity contribution is -0.148. The van der Waals surface area contributed by atoms with Crippen molar-refractivity contribution in [3.8, 4) is 5.75 Å². The Morgan fingerprint density at radius 2 is 2.35 bits per heavy atom. The highest BCUT2D eigenvalue weighted by Gasteiger charge is 2.31. The SMILES string of the molecule is COC(=O)COC1c2cc(O)ccc2CC1N. The molecule has 92 valence electrons. The zero-order valence-electron chi connectivity index (χ0n) is 9.55. The van der Waals surface area contributed by atoms with Crippen LogP contribution in [0.2, 0.25) is 0 Å². The number of benzene rings is 1. The molecule has 0 heterocycles. The molecule has 1 aromatic rings. The number of hydrogen-bond acceptors (Lipinski definition) is 5. The van der Waals surface area contributed by atoms with Crippen LogP contribution in [0.4, 0.5) is 0 Å². The predicted octanol–water partition coefficient (Wildman–Crippen LogP) is 0.506. The van der Waals surface area contributed by atoms with Crippen LogP contribution in [0.3, 0.4) is 0 Å². The number of carbonyl (C=O) groups excluding carboxylic acids is 1. The van der Waals surface area contributed by atoms with E-state index in [1.807, 2.05) is 6.07 Å². The molecule has 0 spiro atoms. The minimum absolute atomic E-state index is 0.135. The van der Waals surface area contributed by atoms with E-state index in [0.717, 1.165) is 11.1 Å². The number of methoxy groups -OCH3 is 1. The first-order valence-electron chi connectivity index (χ1n) is 5.37. The molecule has 17 heavy (non-hydrogen) atoms. The molecule has 1 aromatic carbocycles. The highest BCUT2D eigenvalue weighted by atomic mass is 16.6. The van der Waals surface area contributed by atoms with E-state index in [-0.39, 0.29) is 24.5 Å². The van der Waals surface area contributed by atoms with Gasteiger partial charge in [0.15, 0.2) is 0 Å². The minimum atomic E-state index is -0.439. The van der Waals surface area contributed by atoms with Crippen molar-refractivity contribution in [2.75, 3.05) is 13.7 Å². The molecule has 2 rings (SSSR count). The summed E-state index contributed by atoms with van der Waals surface area (Å²) in [5, 5.41) is 9.44. The number of phenols is 1. The summed E-state index contributed by atoms with van der Waals surface area (Å²) in [5.74, 6) is -0.268. The van der Waals surface area contributed by atoms with Crippen molar-refractivity contribution in [3.05, 3.63) is 29.3 Å². The smallest absolute Gasteiger partial charge is 0.331 e. The van der Waals surface area contributed by atoms with Gasteiger partial charge in [0.25, 0.3) is 0 Å². The van der Waals surface area contributed by atoms with Gasteiger partial charge in [-0.3, -0.25) is 0 Å². The Balaban J connectivity index is 2.13. The Kier molecular flexibility index (Phi) is 3.31.